The Bertz CT molecular complexity index is 1260. The van der Waals surface area contributed by atoms with Crippen molar-refractivity contribution in [1.29, 1.82) is 0 Å². The van der Waals surface area contributed by atoms with Gasteiger partial charge in [0.15, 0.2) is 0 Å². The summed E-state index contributed by atoms with van der Waals surface area (Å²) in [7, 11) is -3.99. The molecular weight excluding hydrogens is 476 g/mol. The van der Waals surface area contributed by atoms with Crippen molar-refractivity contribution in [3.63, 3.8) is 0 Å². The molecule has 1 aromatic heterocycles. The first-order valence-electron chi connectivity index (χ1n) is 10.6. The van der Waals surface area contributed by atoms with Crippen molar-refractivity contribution in [1.82, 2.24) is 19.5 Å². The maximum Gasteiger partial charge on any atom is 0.573 e. The average molecular weight is 499 g/mol. The van der Waals surface area contributed by atoms with Crippen LogP contribution in [0.15, 0.2) is 53.7 Å². The summed E-state index contributed by atoms with van der Waals surface area (Å²) < 4.78 is 85.9. The van der Waals surface area contributed by atoms with Crippen LogP contribution in [0.5, 0.6) is 5.75 Å². The monoisotopic (exact) mass is 498 g/mol. The van der Waals surface area contributed by atoms with Crippen molar-refractivity contribution in [3.05, 3.63) is 60.4 Å². The Morgan fingerprint density at radius 3 is 2.47 bits per heavy atom. The minimum absolute atomic E-state index is 0.0540. The van der Waals surface area contributed by atoms with Gasteiger partial charge in [-0.15, -0.1) is 23.4 Å². The number of ether oxygens (including phenoxy) is 1. The van der Waals surface area contributed by atoms with Gasteiger partial charge in [0.2, 0.25) is 10.0 Å². The number of alkyl halides is 3. The third-order valence-electron chi connectivity index (χ3n) is 5.76. The molecule has 1 aliphatic carbocycles. The predicted octanol–water partition coefficient (Wildman–Crippen LogP) is 4.75. The van der Waals surface area contributed by atoms with Crippen molar-refractivity contribution < 1.29 is 30.7 Å². The fourth-order valence-corrected chi connectivity index (χ4v) is 5.50. The summed E-state index contributed by atoms with van der Waals surface area (Å²) in [6.07, 6.45) is -0.283. The molecule has 0 aliphatic heterocycles. The molecule has 2 atom stereocenters. The highest BCUT2D eigenvalue weighted by atomic mass is 32.2. The zero-order valence-electron chi connectivity index (χ0n) is 18.1. The number of nitrogens with one attached hydrogen (secondary N) is 1. The second kappa shape index (κ2) is 9.34. The molecule has 34 heavy (non-hydrogen) atoms. The van der Waals surface area contributed by atoms with Crippen LogP contribution in [0, 0.1) is 12.7 Å². The third-order valence-corrected chi connectivity index (χ3v) is 7.28. The molecule has 0 amide bonds. The van der Waals surface area contributed by atoms with Gasteiger partial charge in [0.1, 0.15) is 23.7 Å². The van der Waals surface area contributed by atoms with Crippen LogP contribution in [0.4, 0.5) is 17.6 Å². The molecule has 3 aromatic rings. The molecule has 1 heterocycles. The maximum absolute atomic E-state index is 14.8. The highest BCUT2D eigenvalue weighted by molar-refractivity contribution is 7.89. The summed E-state index contributed by atoms with van der Waals surface area (Å²) in [5.74, 6) is -0.495. The zero-order chi connectivity index (χ0) is 24.5. The summed E-state index contributed by atoms with van der Waals surface area (Å²) in [4.78, 5) is -0.228. The number of rotatable bonds is 6. The van der Waals surface area contributed by atoms with Crippen LogP contribution in [-0.2, 0) is 10.0 Å². The molecule has 182 valence electrons. The normalized spacial score (nSPS) is 19.2. The lowest BCUT2D eigenvalue weighted by Crippen LogP contribution is -2.39. The van der Waals surface area contributed by atoms with E-state index in [0.717, 1.165) is 36.9 Å². The van der Waals surface area contributed by atoms with Gasteiger partial charge in [0.25, 0.3) is 0 Å². The second-order valence-corrected chi connectivity index (χ2v) is 9.85. The largest absolute Gasteiger partial charge is 0.573 e. The van der Waals surface area contributed by atoms with Crippen molar-refractivity contribution in [2.24, 2.45) is 0 Å². The fraction of sp³-hybridized carbons (Fsp3) is 0.364. The summed E-state index contributed by atoms with van der Waals surface area (Å²) >= 11 is 0. The fourth-order valence-electron chi connectivity index (χ4n) is 4.20. The molecule has 0 bridgehead atoms. The van der Waals surface area contributed by atoms with Gasteiger partial charge in [-0.1, -0.05) is 18.2 Å². The highest BCUT2D eigenvalue weighted by Gasteiger charge is 2.31. The summed E-state index contributed by atoms with van der Waals surface area (Å²) in [5, 5.41) is 7.86. The predicted molar refractivity (Wildman–Crippen MR) is 115 cm³/mol. The number of nitrogens with zero attached hydrogens (tertiary/aromatic N) is 3. The number of hydrogen-bond acceptors (Lipinski definition) is 5. The SMILES string of the molecule is Cc1nncn1[C@@H]1CCC[C@H](NS(=O)(=O)c2ccc(-c3ccc(OC(F)(F)F)cc3)c(F)c2)C1. The number of hydrogen-bond donors (Lipinski definition) is 1. The van der Waals surface area contributed by atoms with Gasteiger partial charge in [-0.25, -0.2) is 17.5 Å². The Balaban J connectivity index is 1.48. The van der Waals surface area contributed by atoms with E-state index < -0.39 is 28.0 Å². The Kier molecular flexibility index (Phi) is 6.63. The Hall–Kier alpha value is -2.99. The summed E-state index contributed by atoms with van der Waals surface area (Å²) in [6.45, 7) is 1.84. The average Bonchev–Trinajstić information content (AvgIpc) is 3.19. The van der Waals surface area contributed by atoms with E-state index in [2.05, 4.69) is 19.7 Å². The van der Waals surface area contributed by atoms with Gasteiger partial charge >= 0.3 is 6.36 Å². The van der Waals surface area contributed by atoms with Crippen LogP contribution in [0.2, 0.25) is 0 Å². The molecule has 1 saturated carbocycles. The van der Waals surface area contributed by atoms with Crippen LogP contribution in [0.1, 0.15) is 37.5 Å². The quantitative estimate of drug-likeness (QED) is 0.496. The van der Waals surface area contributed by atoms with E-state index in [-0.39, 0.29) is 28.1 Å². The molecule has 0 saturated heterocycles. The molecule has 0 spiro atoms. The van der Waals surface area contributed by atoms with Crippen LogP contribution in [0.25, 0.3) is 11.1 Å². The van der Waals surface area contributed by atoms with E-state index in [0.29, 0.717) is 12.8 Å². The Labute approximate surface area is 193 Å². The molecule has 12 heteroatoms. The van der Waals surface area contributed by atoms with Gasteiger partial charge in [0, 0.05) is 17.6 Å². The molecule has 2 aromatic carbocycles. The molecular formula is C22H22F4N4O3S. The zero-order valence-corrected chi connectivity index (χ0v) is 18.9. The van der Waals surface area contributed by atoms with E-state index in [1.807, 2.05) is 11.5 Å². The number of halogens is 4. The lowest BCUT2D eigenvalue weighted by Gasteiger charge is -2.30. The highest BCUT2D eigenvalue weighted by Crippen LogP contribution is 2.31. The van der Waals surface area contributed by atoms with Crippen molar-refractivity contribution in [2.75, 3.05) is 0 Å². The smallest absolute Gasteiger partial charge is 0.406 e. The number of aromatic nitrogens is 3. The molecule has 0 radical (unpaired) electrons. The van der Waals surface area contributed by atoms with Gasteiger partial charge in [0.05, 0.1) is 4.90 Å². The first kappa shape index (κ1) is 24.1. The molecule has 0 unspecified atom stereocenters. The second-order valence-electron chi connectivity index (χ2n) is 8.14. The topological polar surface area (TPSA) is 86.1 Å². The van der Waals surface area contributed by atoms with E-state index in [4.69, 9.17) is 0 Å². The standard InChI is InChI=1S/C22H22F4N4O3S/c1-14-28-27-13-30(14)17-4-2-3-16(11-17)29-34(31,32)19-9-10-20(21(23)12-19)15-5-7-18(8-6-15)33-22(24,25)26/h5-10,12-13,16-17,29H,2-4,11H2,1H3/t16-,17+/m0/s1. The summed E-state index contributed by atoms with van der Waals surface area (Å²) in [5.41, 5.74) is 0.335. The van der Waals surface area contributed by atoms with Crippen LogP contribution >= 0.6 is 0 Å². The van der Waals surface area contributed by atoms with Crippen LogP contribution in [-0.4, -0.2) is 35.6 Å². The number of benzene rings is 2. The molecule has 4 rings (SSSR count). The first-order chi connectivity index (χ1) is 16.0. The Morgan fingerprint density at radius 1 is 1.12 bits per heavy atom. The maximum atomic E-state index is 14.8. The van der Waals surface area contributed by atoms with E-state index >= 15 is 0 Å². The van der Waals surface area contributed by atoms with Crippen molar-refractivity contribution in [3.8, 4) is 16.9 Å². The van der Waals surface area contributed by atoms with Gasteiger partial charge in [-0.05, 0) is 62.4 Å². The van der Waals surface area contributed by atoms with Gasteiger partial charge in [-0.2, -0.15) is 0 Å². The molecule has 7 nitrogen and oxygen atoms in total. The first-order valence-corrected chi connectivity index (χ1v) is 12.0. The minimum Gasteiger partial charge on any atom is -0.406 e. The minimum atomic E-state index is -4.83. The molecule has 1 aliphatic rings. The van der Waals surface area contributed by atoms with E-state index in [1.165, 1.54) is 24.3 Å². The van der Waals surface area contributed by atoms with E-state index in [9.17, 15) is 26.0 Å². The lowest BCUT2D eigenvalue weighted by molar-refractivity contribution is -0.274. The summed E-state index contributed by atoms with van der Waals surface area (Å²) in [6, 6.07) is 7.86. The van der Waals surface area contributed by atoms with Crippen molar-refractivity contribution >= 4 is 10.0 Å². The van der Waals surface area contributed by atoms with Crippen molar-refractivity contribution in [2.45, 2.75) is 55.9 Å². The third kappa shape index (κ3) is 5.55. The number of aryl methyl sites for hydroxylation is 1. The number of sulfonamides is 1. The van der Waals surface area contributed by atoms with Crippen LogP contribution < -0.4 is 9.46 Å². The molecule has 1 N–H and O–H groups in total. The lowest BCUT2D eigenvalue weighted by atomic mass is 9.91. The molecule has 1 fully saturated rings. The van der Waals surface area contributed by atoms with Gasteiger partial charge in [-0.3, -0.25) is 0 Å². The van der Waals surface area contributed by atoms with E-state index in [1.54, 1.807) is 6.33 Å². The Morgan fingerprint density at radius 2 is 1.85 bits per heavy atom. The van der Waals surface area contributed by atoms with Gasteiger partial charge < -0.3 is 9.30 Å². The van der Waals surface area contributed by atoms with Crippen LogP contribution in [0.3, 0.4) is 0 Å².